The lowest BCUT2D eigenvalue weighted by atomic mass is 9.91. The van der Waals surface area contributed by atoms with E-state index >= 15 is 0 Å². The fourth-order valence-electron chi connectivity index (χ4n) is 3.60. The minimum absolute atomic E-state index is 0.140. The molecule has 122 valence electrons. The average Bonchev–Trinajstić information content (AvgIpc) is 2.46. The maximum absolute atomic E-state index is 12.5. The normalized spacial score (nSPS) is 25.8. The molecule has 6 heteroatoms. The van der Waals surface area contributed by atoms with Crippen molar-refractivity contribution >= 4 is 16.0 Å². The molecule has 1 saturated heterocycles. The number of piperidine rings is 1. The van der Waals surface area contributed by atoms with Gasteiger partial charge in [-0.15, -0.1) is 0 Å². The number of nitrogens with zero attached hydrogens (tertiary/aromatic N) is 1. The second kappa shape index (κ2) is 7.58. The summed E-state index contributed by atoms with van der Waals surface area (Å²) in [5, 5.41) is 8.75. The highest BCUT2D eigenvalue weighted by molar-refractivity contribution is 7.89. The van der Waals surface area contributed by atoms with E-state index in [1.54, 1.807) is 4.31 Å². The van der Waals surface area contributed by atoms with Crippen LogP contribution in [0.1, 0.15) is 57.8 Å². The van der Waals surface area contributed by atoms with Gasteiger partial charge in [-0.05, 0) is 43.9 Å². The van der Waals surface area contributed by atoms with Crippen LogP contribution in [0, 0.1) is 11.8 Å². The summed E-state index contributed by atoms with van der Waals surface area (Å²) in [6, 6.07) is 0. The zero-order valence-electron chi connectivity index (χ0n) is 12.7. The number of carboxylic acid groups (broad SMARTS) is 1. The first-order valence-electron chi connectivity index (χ1n) is 8.17. The predicted octanol–water partition coefficient (Wildman–Crippen LogP) is 2.47. The van der Waals surface area contributed by atoms with Crippen LogP contribution in [0.15, 0.2) is 0 Å². The molecule has 1 saturated carbocycles. The maximum Gasteiger partial charge on any atom is 0.303 e. The first-order valence-corrected chi connectivity index (χ1v) is 9.78. The molecule has 1 aliphatic carbocycles. The summed E-state index contributed by atoms with van der Waals surface area (Å²) in [4.78, 5) is 10.7. The Morgan fingerprint density at radius 3 is 2.38 bits per heavy atom. The summed E-state index contributed by atoms with van der Waals surface area (Å²) >= 11 is 0. The number of rotatable bonds is 6. The summed E-state index contributed by atoms with van der Waals surface area (Å²) in [7, 11) is -3.17. The van der Waals surface area contributed by atoms with E-state index in [2.05, 4.69) is 0 Å². The van der Waals surface area contributed by atoms with E-state index < -0.39 is 16.0 Å². The second-order valence-corrected chi connectivity index (χ2v) is 8.59. The molecule has 0 aromatic heterocycles. The Morgan fingerprint density at radius 2 is 1.71 bits per heavy atom. The smallest absolute Gasteiger partial charge is 0.303 e. The van der Waals surface area contributed by atoms with Crippen LogP contribution in [-0.4, -0.2) is 42.6 Å². The fourth-order valence-corrected chi connectivity index (χ4v) is 5.58. The van der Waals surface area contributed by atoms with E-state index in [0.717, 1.165) is 38.5 Å². The van der Waals surface area contributed by atoms with Gasteiger partial charge in [0.05, 0.1) is 5.75 Å². The molecule has 1 atom stereocenters. The molecule has 0 aromatic rings. The summed E-state index contributed by atoms with van der Waals surface area (Å²) in [5.41, 5.74) is 0. The summed E-state index contributed by atoms with van der Waals surface area (Å²) in [6.45, 7) is 1.13. The highest BCUT2D eigenvalue weighted by atomic mass is 32.2. The second-order valence-electron chi connectivity index (χ2n) is 6.58. The van der Waals surface area contributed by atoms with Gasteiger partial charge in [-0.1, -0.05) is 19.3 Å². The highest BCUT2D eigenvalue weighted by Gasteiger charge is 2.31. The van der Waals surface area contributed by atoms with Crippen molar-refractivity contribution in [3.8, 4) is 0 Å². The van der Waals surface area contributed by atoms with Gasteiger partial charge in [0.25, 0.3) is 0 Å². The van der Waals surface area contributed by atoms with Crippen LogP contribution in [0.5, 0.6) is 0 Å². The van der Waals surface area contributed by atoms with Gasteiger partial charge in [0, 0.05) is 19.5 Å². The Balaban J connectivity index is 1.87. The standard InChI is InChI=1S/C15H27NO4S/c17-15(18)9-8-13-7-4-10-16(11-13)21(19,20)12-14-5-2-1-3-6-14/h13-14H,1-12H2,(H,17,18). The van der Waals surface area contributed by atoms with Gasteiger partial charge in [-0.25, -0.2) is 12.7 Å². The van der Waals surface area contributed by atoms with Gasteiger partial charge >= 0.3 is 5.97 Å². The van der Waals surface area contributed by atoms with Crippen LogP contribution in [-0.2, 0) is 14.8 Å². The Bertz CT molecular complexity index is 443. The minimum atomic E-state index is -3.17. The fraction of sp³-hybridized carbons (Fsp3) is 0.933. The molecule has 0 amide bonds. The molecule has 1 aliphatic heterocycles. The SMILES string of the molecule is O=C(O)CCC1CCCN(S(=O)(=O)CC2CCCCC2)C1. The van der Waals surface area contributed by atoms with Gasteiger partial charge < -0.3 is 5.11 Å². The van der Waals surface area contributed by atoms with Crippen LogP contribution < -0.4 is 0 Å². The predicted molar refractivity (Wildman–Crippen MR) is 81.5 cm³/mol. The Labute approximate surface area is 127 Å². The molecule has 2 aliphatic rings. The third-order valence-corrected chi connectivity index (χ3v) is 6.82. The Morgan fingerprint density at radius 1 is 1.05 bits per heavy atom. The molecule has 0 aromatic carbocycles. The van der Waals surface area contributed by atoms with Crippen molar-refractivity contribution in [3.63, 3.8) is 0 Å². The first-order chi connectivity index (χ1) is 9.97. The summed E-state index contributed by atoms with van der Waals surface area (Å²) < 4.78 is 26.7. The molecule has 1 heterocycles. The number of carboxylic acids is 1. The monoisotopic (exact) mass is 317 g/mol. The number of hydrogen-bond donors (Lipinski definition) is 1. The average molecular weight is 317 g/mol. The molecule has 2 fully saturated rings. The molecule has 0 bridgehead atoms. The Hall–Kier alpha value is -0.620. The number of aliphatic carboxylic acids is 1. The summed E-state index contributed by atoms with van der Waals surface area (Å²) in [6.07, 6.45) is 8.15. The molecule has 21 heavy (non-hydrogen) atoms. The van der Waals surface area contributed by atoms with Crippen molar-refractivity contribution in [2.45, 2.75) is 57.8 Å². The largest absolute Gasteiger partial charge is 0.481 e. The molecule has 1 unspecified atom stereocenters. The van der Waals surface area contributed by atoms with E-state index in [9.17, 15) is 13.2 Å². The quantitative estimate of drug-likeness (QED) is 0.816. The summed E-state index contributed by atoms with van der Waals surface area (Å²) in [5.74, 6) is 0.0230. The van der Waals surface area contributed by atoms with Crippen molar-refractivity contribution < 1.29 is 18.3 Å². The zero-order chi connectivity index (χ0) is 15.3. The molecule has 2 rings (SSSR count). The van der Waals surface area contributed by atoms with Gasteiger partial charge in [0.15, 0.2) is 0 Å². The minimum Gasteiger partial charge on any atom is -0.481 e. The van der Waals surface area contributed by atoms with Crippen molar-refractivity contribution in [3.05, 3.63) is 0 Å². The van der Waals surface area contributed by atoms with Crippen molar-refractivity contribution in [1.82, 2.24) is 4.31 Å². The van der Waals surface area contributed by atoms with Crippen molar-refractivity contribution in [1.29, 1.82) is 0 Å². The van der Waals surface area contributed by atoms with Crippen molar-refractivity contribution in [2.24, 2.45) is 11.8 Å². The molecule has 0 spiro atoms. The third-order valence-electron chi connectivity index (χ3n) is 4.81. The van der Waals surface area contributed by atoms with Gasteiger partial charge in [0.1, 0.15) is 0 Å². The van der Waals surface area contributed by atoms with Crippen LogP contribution >= 0.6 is 0 Å². The van der Waals surface area contributed by atoms with Crippen LogP contribution in [0.3, 0.4) is 0 Å². The number of hydrogen-bond acceptors (Lipinski definition) is 3. The van der Waals surface area contributed by atoms with Crippen LogP contribution in [0.2, 0.25) is 0 Å². The molecular weight excluding hydrogens is 290 g/mol. The first kappa shape index (κ1) is 16.7. The molecule has 1 N–H and O–H groups in total. The zero-order valence-corrected chi connectivity index (χ0v) is 13.5. The maximum atomic E-state index is 12.5. The van der Waals surface area contributed by atoms with E-state index in [1.807, 2.05) is 0 Å². The third kappa shape index (κ3) is 5.25. The number of carbonyl (C=O) groups is 1. The topological polar surface area (TPSA) is 74.7 Å². The van der Waals surface area contributed by atoms with Gasteiger partial charge in [-0.2, -0.15) is 0 Å². The van der Waals surface area contributed by atoms with E-state index in [4.69, 9.17) is 5.11 Å². The van der Waals surface area contributed by atoms with Crippen LogP contribution in [0.25, 0.3) is 0 Å². The molecular formula is C15H27NO4S. The lowest BCUT2D eigenvalue weighted by Crippen LogP contribution is -2.42. The van der Waals surface area contributed by atoms with Crippen LogP contribution in [0.4, 0.5) is 0 Å². The number of sulfonamides is 1. The van der Waals surface area contributed by atoms with Gasteiger partial charge in [0.2, 0.25) is 10.0 Å². The van der Waals surface area contributed by atoms with Crippen molar-refractivity contribution in [2.75, 3.05) is 18.8 Å². The Kier molecular flexibility index (Phi) is 6.05. The molecule has 0 radical (unpaired) electrons. The van der Waals surface area contributed by atoms with Gasteiger partial charge in [-0.3, -0.25) is 4.79 Å². The van der Waals surface area contributed by atoms with E-state index in [1.165, 1.54) is 6.42 Å². The highest BCUT2D eigenvalue weighted by Crippen LogP contribution is 2.28. The van der Waals surface area contributed by atoms with E-state index in [0.29, 0.717) is 31.2 Å². The lowest BCUT2D eigenvalue weighted by Gasteiger charge is -2.33. The van der Waals surface area contributed by atoms with E-state index in [-0.39, 0.29) is 12.3 Å². The molecule has 5 nitrogen and oxygen atoms in total. The lowest BCUT2D eigenvalue weighted by molar-refractivity contribution is -0.137.